The van der Waals surface area contributed by atoms with Gasteiger partial charge in [0, 0.05) is 19.3 Å². The van der Waals surface area contributed by atoms with Gasteiger partial charge in [0.25, 0.3) is 5.91 Å². The van der Waals surface area contributed by atoms with Gasteiger partial charge in [-0.3, -0.25) is 4.79 Å². The molecule has 0 saturated carbocycles. The normalized spacial score (nSPS) is 19.1. The molecule has 0 radical (unpaired) electrons. The minimum Gasteiger partial charge on any atom is -0.480 e. The van der Waals surface area contributed by atoms with Crippen LogP contribution in [0.25, 0.3) is 0 Å². The van der Waals surface area contributed by atoms with Gasteiger partial charge < -0.3 is 20.1 Å². The summed E-state index contributed by atoms with van der Waals surface area (Å²) in [7, 11) is 1.46. The average molecular weight is 383 g/mol. The SMILES string of the molecule is COc1ncccc1C(=O)NCC1(Cc2ccccc2)CCCCN1C(=O)O. The maximum atomic E-state index is 12.7. The molecule has 148 valence electrons. The highest BCUT2D eigenvalue weighted by atomic mass is 16.5. The molecule has 2 N–H and O–H groups in total. The molecule has 1 saturated heterocycles. The minimum absolute atomic E-state index is 0.227. The summed E-state index contributed by atoms with van der Waals surface area (Å²) in [6.45, 7) is 0.694. The monoisotopic (exact) mass is 383 g/mol. The number of carbonyl (C=O) groups excluding carboxylic acids is 1. The molecule has 28 heavy (non-hydrogen) atoms. The molecule has 7 nitrogen and oxygen atoms in total. The summed E-state index contributed by atoms with van der Waals surface area (Å²) in [6, 6.07) is 13.1. The van der Waals surface area contributed by atoms with Crippen LogP contribution in [0, 0.1) is 0 Å². The third-order valence-corrected chi connectivity index (χ3v) is 5.24. The van der Waals surface area contributed by atoms with Gasteiger partial charge >= 0.3 is 6.09 Å². The van der Waals surface area contributed by atoms with Crippen molar-refractivity contribution in [2.45, 2.75) is 31.2 Å². The number of methoxy groups -OCH3 is 1. The van der Waals surface area contributed by atoms with Crippen LogP contribution in [-0.4, -0.2) is 52.7 Å². The van der Waals surface area contributed by atoms with Crippen LogP contribution in [0.15, 0.2) is 48.7 Å². The maximum Gasteiger partial charge on any atom is 0.407 e. The second-order valence-electron chi connectivity index (χ2n) is 7.02. The van der Waals surface area contributed by atoms with E-state index < -0.39 is 11.6 Å². The van der Waals surface area contributed by atoms with Gasteiger partial charge in [0.2, 0.25) is 5.88 Å². The Labute approximate surface area is 164 Å². The minimum atomic E-state index is -0.955. The Morgan fingerprint density at radius 3 is 2.71 bits per heavy atom. The lowest BCUT2D eigenvalue weighted by molar-refractivity contribution is 0.0444. The van der Waals surface area contributed by atoms with Crippen molar-refractivity contribution in [1.29, 1.82) is 0 Å². The number of hydrogen-bond acceptors (Lipinski definition) is 4. The molecule has 1 aliphatic rings. The molecule has 0 spiro atoms. The summed E-state index contributed by atoms with van der Waals surface area (Å²) in [5, 5.41) is 12.7. The average Bonchev–Trinajstić information content (AvgIpc) is 2.73. The first-order valence-electron chi connectivity index (χ1n) is 9.37. The second kappa shape index (κ2) is 8.73. The Bertz CT molecular complexity index is 827. The number of benzene rings is 1. The zero-order valence-corrected chi connectivity index (χ0v) is 15.9. The second-order valence-corrected chi connectivity index (χ2v) is 7.02. The molecular formula is C21H25N3O4. The Morgan fingerprint density at radius 2 is 2.00 bits per heavy atom. The van der Waals surface area contributed by atoms with Gasteiger partial charge in [0.05, 0.1) is 12.6 Å². The molecule has 1 aliphatic heterocycles. The van der Waals surface area contributed by atoms with E-state index in [0.717, 1.165) is 18.4 Å². The fourth-order valence-electron chi connectivity index (χ4n) is 3.87. The van der Waals surface area contributed by atoms with E-state index in [1.807, 2.05) is 30.3 Å². The third-order valence-electron chi connectivity index (χ3n) is 5.24. The molecule has 0 aliphatic carbocycles. The van der Waals surface area contributed by atoms with Gasteiger partial charge in [-0.2, -0.15) is 0 Å². The van der Waals surface area contributed by atoms with Crippen molar-refractivity contribution in [1.82, 2.24) is 15.2 Å². The smallest absolute Gasteiger partial charge is 0.407 e. The first-order valence-corrected chi connectivity index (χ1v) is 9.37. The van der Waals surface area contributed by atoms with E-state index in [1.54, 1.807) is 18.3 Å². The summed E-state index contributed by atoms with van der Waals surface area (Å²) < 4.78 is 5.16. The number of piperidine rings is 1. The lowest BCUT2D eigenvalue weighted by atomic mass is 9.81. The number of likely N-dealkylation sites (tertiary alicyclic amines) is 1. The van der Waals surface area contributed by atoms with Gasteiger partial charge in [-0.05, 0) is 43.4 Å². The lowest BCUT2D eigenvalue weighted by Crippen LogP contribution is -2.61. The highest BCUT2D eigenvalue weighted by molar-refractivity contribution is 5.96. The van der Waals surface area contributed by atoms with Crippen molar-refractivity contribution in [2.75, 3.05) is 20.2 Å². The molecule has 7 heteroatoms. The van der Waals surface area contributed by atoms with E-state index in [0.29, 0.717) is 24.9 Å². The number of nitrogens with zero attached hydrogens (tertiary/aromatic N) is 2. The molecule has 0 bridgehead atoms. The van der Waals surface area contributed by atoms with E-state index in [-0.39, 0.29) is 18.3 Å². The summed E-state index contributed by atoms with van der Waals surface area (Å²) in [5.41, 5.74) is 0.692. The molecule has 1 aromatic heterocycles. The van der Waals surface area contributed by atoms with Gasteiger partial charge in [-0.15, -0.1) is 0 Å². The standard InChI is InChI=1S/C21H25N3O4/c1-28-19-17(10-7-12-22-19)18(25)23-15-21(14-16-8-3-2-4-9-16)11-5-6-13-24(21)20(26)27/h2-4,7-10,12H,5-6,11,13-15H2,1H3,(H,23,25)(H,26,27). The Morgan fingerprint density at radius 1 is 1.21 bits per heavy atom. The molecule has 1 fully saturated rings. The summed E-state index contributed by atoms with van der Waals surface area (Å²) in [6.07, 6.45) is 3.59. The molecule has 3 rings (SSSR count). The van der Waals surface area contributed by atoms with Crippen molar-refractivity contribution >= 4 is 12.0 Å². The van der Waals surface area contributed by atoms with Crippen molar-refractivity contribution in [3.63, 3.8) is 0 Å². The van der Waals surface area contributed by atoms with Crippen LogP contribution in [0.2, 0.25) is 0 Å². The number of carboxylic acid groups (broad SMARTS) is 1. The molecule has 1 aromatic carbocycles. The molecule has 2 heterocycles. The van der Waals surface area contributed by atoms with Crippen LogP contribution in [0.5, 0.6) is 5.88 Å². The number of amides is 2. The Balaban J connectivity index is 1.84. The highest BCUT2D eigenvalue weighted by Crippen LogP contribution is 2.32. The molecule has 1 atom stereocenters. The summed E-state index contributed by atoms with van der Waals surface area (Å²) in [4.78, 5) is 30.2. The van der Waals surface area contributed by atoms with E-state index in [4.69, 9.17) is 4.74 Å². The lowest BCUT2D eigenvalue weighted by Gasteiger charge is -2.46. The zero-order chi connectivity index (χ0) is 20.0. The van der Waals surface area contributed by atoms with E-state index in [9.17, 15) is 14.7 Å². The van der Waals surface area contributed by atoms with Crippen molar-refractivity contribution in [3.05, 3.63) is 59.8 Å². The van der Waals surface area contributed by atoms with Gasteiger partial charge in [0.15, 0.2) is 0 Å². The van der Waals surface area contributed by atoms with Crippen LogP contribution >= 0.6 is 0 Å². The van der Waals surface area contributed by atoms with E-state index >= 15 is 0 Å². The van der Waals surface area contributed by atoms with Crippen LogP contribution < -0.4 is 10.1 Å². The molecule has 2 aromatic rings. The Hall–Kier alpha value is -3.09. The summed E-state index contributed by atoms with van der Waals surface area (Å²) >= 11 is 0. The first-order chi connectivity index (χ1) is 13.6. The van der Waals surface area contributed by atoms with Gasteiger partial charge in [0.1, 0.15) is 5.56 Å². The topological polar surface area (TPSA) is 91.8 Å². The number of pyridine rings is 1. The van der Waals surface area contributed by atoms with Crippen LogP contribution in [0.3, 0.4) is 0 Å². The number of nitrogens with one attached hydrogen (secondary N) is 1. The third kappa shape index (κ3) is 4.24. The van der Waals surface area contributed by atoms with Gasteiger partial charge in [-0.25, -0.2) is 9.78 Å². The molecular weight excluding hydrogens is 358 g/mol. The summed E-state index contributed by atoms with van der Waals surface area (Å²) in [5.74, 6) is -0.0795. The molecule has 2 amide bonds. The predicted molar refractivity (Wildman–Crippen MR) is 105 cm³/mol. The van der Waals surface area contributed by atoms with Crippen LogP contribution in [-0.2, 0) is 6.42 Å². The quantitative estimate of drug-likeness (QED) is 0.800. The van der Waals surface area contributed by atoms with Crippen LogP contribution in [0.1, 0.15) is 35.2 Å². The van der Waals surface area contributed by atoms with E-state index in [1.165, 1.54) is 12.0 Å². The van der Waals surface area contributed by atoms with Crippen molar-refractivity contribution in [3.8, 4) is 5.88 Å². The number of rotatable bonds is 6. The fourth-order valence-corrected chi connectivity index (χ4v) is 3.87. The fraction of sp³-hybridized carbons (Fsp3) is 0.381. The first kappa shape index (κ1) is 19.7. The van der Waals surface area contributed by atoms with Gasteiger partial charge in [-0.1, -0.05) is 30.3 Å². The van der Waals surface area contributed by atoms with E-state index in [2.05, 4.69) is 10.3 Å². The molecule has 1 unspecified atom stereocenters. The van der Waals surface area contributed by atoms with Crippen LogP contribution in [0.4, 0.5) is 4.79 Å². The number of ether oxygens (including phenoxy) is 1. The number of hydrogen-bond donors (Lipinski definition) is 2. The maximum absolute atomic E-state index is 12.7. The highest BCUT2D eigenvalue weighted by Gasteiger charge is 2.42. The zero-order valence-electron chi connectivity index (χ0n) is 15.9. The largest absolute Gasteiger partial charge is 0.480 e. The van der Waals surface area contributed by atoms with Crippen molar-refractivity contribution in [2.24, 2.45) is 0 Å². The van der Waals surface area contributed by atoms with Crippen molar-refractivity contribution < 1.29 is 19.4 Å². The Kier molecular flexibility index (Phi) is 6.13. The number of aromatic nitrogens is 1. The predicted octanol–water partition coefficient (Wildman–Crippen LogP) is 2.97. The number of carbonyl (C=O) groups is 2.